The fourth-order valence-electron chi connectivity index (χ4n) is 3.88. The van der Waals surface area contributed by atoms with E-state index in [0.717, 1.165) is 0 Å². The Morgan fingerprint density at radius 3 is 2.57 bits per heavy atom. The Bertz CT molecular complexity index is 615. The van der Waals surface area contributed by atoms with Crippen LogP contribution in [0.1, 0.15) is 58.1 Å². The highest BCUT2D eigenvalue weighted by Crippen LogP contribution is 2.41. The largest absolute Gasteiger partial charge is 0.0993 e. The molecule has 124 valence electrons. The summed E-state index contributed by atoms with van der Waals surface area (Å²) in [4.78, 5) is 0. The molecule has 1 aliphatic carbocycles. The third-order valence-electron chi connectivity index (χ3n) is 5.32. The monoisotopic (exact) mass is 308 g/mol. The van der Waals surface area contributed by atoms with E-state index in [9.17, 15) is 0 Å². The van der Waals surface area contributed by atoms with E-state index in [1.165, 1.54) is 47.1 Å². The first-order chi connectivity index (χ1) is 11.0. The molecule has 2 rings (SSSR count). The zero-order valence-electron chi connectivity index (χ0n) is 15.5. The van der Waals surface area contributed by atoms with Crippen molar-refractivity contribution in [3.63, 3.8) is 0 Å². The van der Waals surface area contributed by atoms with Crippen molar-refractivity contribution in [3.05, 3.63) is 65.3 Å². The zero-order chi connectivity index (χ0) is 17.0. The van der Waals surface area contributed by atoms with Crippen LogP contribution in [0.15, 0.2) is 54.1 Å². The van der Waals surface area contributed by atoms with Gasteiger partial charge in [-0.3, -0.25) is 0 Å². The molecule has 0 saturated carbocycles. The minimum absolute atomic E-state index is 0.516. The van der Waals surface area contributed by atoms with Gasteiger partial charge in [0.1, 0.15) is 0 Å². The summed E-state index contributed by atoms with van der Waals surface area (Å²) in [6.07, 6.45) is 8.50. The molecule has 3 atom stereocenters. The van der Waals surface area contributed by atoms with E-state index in [-0.39, 0.29) is 0 Å². The van der Waals surface area contributed by atoms with Gasteiger partial charge >= 0.3 is 0 Å². The first kappa shape index (κ1) is 17.8. The number of benzene rings is 1. The van der Waals surface area contributed by atoms with Crippen LogP contribution in [-0.2, 0) is 0 Å². The van der Waals surface area contributed by atoms with Gasteiger partial charge in [0.2, 0.25) is 0 Å². The van der Waals surface area contributed by atoms with Crippen molar-refractivity contribution in [2.24, 2.45) is 17.8 Å². The standard InChI is InChI=1S/C23H32/c1-7-10-17(4)19(6)22(8-2)23-15-21(14-18(23)5)20-12-9-11-16(3)13-20/h9,11-15,17,22-23H,6-8,10H2,1-5H3. The summed E-state index contributed by atoms with van der Waals surface area (Å²) in [5.41, 5.74) is 6.97. The zero-order valence-corrected chi connectivity index (χ0v) is 15.5. The first-order valence-corrected chi connectivity index (χ1v) is 9.13. The lowest BCUT2D eigenvalue weighted by molar-refractivity contribution is 0.431. The molecule has 0 spiro atoms. The second-order valence-corrected chi connectivity index (χ2v) is 7.19. The molecule has 0 heteroatoms. The van der Waals surface area contributed by atoms with Gasteiger partial charge in [0.25, 0.3) is 0 Å². The highest BCUT2D eigenvalue weighted by atomic mass is 14.3. The van der Waals surface area contributed by atoms with Crippen molar-refractivity contribution in [2.45, 2.75) is 53.9 Å². The summed E-state index contributed by atoms with van der Waals surface area (Å²) in [6, 6.07) is 8.83. The fourth-order valence-corrected chi connectivity index (χ4v) is 3.88. The number of hydrogen-bond donors (Lipinski definition) is 0. The lowest BCUT2D eigenvalue weighted by Crippen LogP contribution is -2.18. The molecule has 0 fully saturated rings. The number of allylic oxidation sites excluding steroid dienone is 5. The molecule has 0 aliphatic heterocycles. The molecule has 0 N–H and O–H groups in total. The summed E-state index contributed by atoms with van der Waals surface area (Å²) in [6.45, 7) is 15.8. The smallest absolute Gasteiger partial charge is 0.00519 e. The average Bonchev–Trinajstić information content (AvgIpc) is 2.90. The van der Waals surface area contributed by atoms with Crippen LogP contribution >= 0.6 is 0 Å². The van der Waals surface area contributed by atoms with E-state index < -0.39 is 0 Å². The third-order valence-corrected chi connectivity index (χ3v) is 5.32. The van der Waals surface area contributed by atoms with Gasteiger partial charge in [-0.2, -0.15) is 0 Å². The Balaban J connectivity index is 2.25. The maximum Gasteiger partial charge on any atom is 0.00519 e. The topological polar surface area (TPSA) is 0 Å². The van der Waals surface area contributed by atoms with Crippen LogP contribution in [-0.4, -0.2) is 0 Å². The molecule has 1 aliphatic rings. The summed E-state index contributed by atoms with van der Waals surface area (Å²) in [5, 5.41) is 0. The van der Waals surface area contributed by atoms with Crippen LogP contribution in [0.3, 0.4) is 0 Å². The highest BCUT2D eigenvalue weighted by Gasteiger charge is 2.28. The van der Waals surface area contributed by atoms with Gasteiger partial charge < -0.3 is 0 Å². The fraction of sp³-hybridized carbons (Fsp3) is 0.478. The normalized spacial score (nSPS) is 20.0. The molecule has 0 bridgehead atoms. The maximum absolute atomic E-state index is 4.48. The van der Waals surface area contributed by atoms with Crippen molar-refractivity contribution in [1.82, 2.24) is 0 Å². The number of hydrogen-bond acceptors (Lipinski definition) is 0. The quantitative estimate of drug-likeness (QED) is 0.477. The van der Waals surface area contributed by atoms with Gasteiger partial charge in [-0.15, -0.1) is 0 Å². The Hall–Kier alpha value is -1.56. The van der Waals surface area contributed by atoms with Crippen molar-refractivity contribution in [1.29, 1.82) is 0 Å². The summed E-state index contributed by atoms with van der Waals surface area (Å²) >= 11 is 0. The molecule has 0 amide bonds. The first-order valence-electron chi connectivity index (χ1n) is 9.13. The summed E-state index contributed by atoms with van der Waals surface area (Å²) in [5.74, 6) is 1.70. The summed E-state index contributed by atoms with van der Waals surface area (Å²) in [7, 11) is 0. The van der Waals surface area contributed by atoms with E-state index in [1.807, 2.05) is 0 Å². The van der Waals surface area contributed by atoms with Crippen LogP contribution in [0.25, 0.3) is 5.57 Å². The number of rotatable bonds is 7. The molecular weight excluding hydrogens is 276 g/mol. The van der Waals surface area contributed by atoms with E-state index in [0.29, 0.717) is 17.8 Å². The van der Waals surface area contributed by atoms with Crippen LogP contribution in [0, 0.1) is 24.7 Å². The van der Waals surface area contributed by atoms with E-state index >= 15 is 0 Å². The van der Waals surface area contributed by atoms with Gasteiger partial charge in [0.15, 0.2) is 0 Å². The predicted octanol–water partition coefficient (Wildman–Crippen LogP) is 6.97. The second-order valence-electron chi connectivity index (χ2n) is 7.19. The van der Waals surface area contributed by atoms with Gasteiger partial charge in [0.05, 0.1) is 0 Å². The second kappa shape index (κ2) is 7.81. The van der Waals surface area contributed by atoms with Crippen molar-refractivity contribution in [2.75, 3.05) is 0 Å². The lowest BCUT2D eigenvalue weighted by Gasteiger charge is -2.28. The predicted molar refractivity (Wildman–Crippen MR) is 103 cm³/mol. The molecule has 1 aromatic rings. The number of aryl methyl sites for hydroxylation is 1. The third kappa shape index (κ3) is 4.05. The Morgan fingerprint density at radius 2 is 1.96 bits per heavy atom. The van der Waals surface area contributed by atoms with Crippen LogP contribution in [0.4, 0.5) is 0 Å². The van der Waals surface area contributed by atoms with Gasteiger partial charge in [-0.05, 0) is 49.7 Å². The Kier molecular flexibility index (Phi) is 6.04. The Labute approximate surface area is 143 Å². The molecule has 23 heavy (non-hydrogen) atoms. The molecule has 1 aromatic carbocycles. The van der Waals surface area contributed by atoms with Crippen molar-refractivity contribution < 1.29 is 0 Å². The van der Waals surface area contributed by atoms with Gasteiger partial charge in [-0.1, -0.05) is 86.9 Å². The van der Waals surface area contributed by atoms with Gasteiger partial charge in [-0.25, -0.2) is 0 Å². The summed E-state index contributed by atoms with van der Waals surface area (Å²) < 4.78 is 0. The maximum atomic E-state index is 4.48. The van der Waals surface area contributed by atoms with Crippen LogP contribution in [0.5, 0.6) is 0 Å². The average molecular weight is 309 g/mol. The van der Waals surface area contributed by atoms with Gasteiger partial charge in [0, 0.05) is 5.92 Å². The lowest BCUT2D eigenvalue weighted by atomic mass is 9.76. The highest BCUT2D eigenvalue weighted by molar-refractivity contribution is 5.78. The molecule has 0 radical (unpaired) electrons. The SMILES string of the molecule is C=C(C(C)CCC)C(CC)C1C=C(c2cccc(C)c2)C=C1C. The van der Waals surface area contributed by atoms with Crippen molar-refractivity contribution >= 4 is 5.57 Å². The molecule has 0 nitrogen and oxygen atoms in total. The molecule has 0 aromatic heterocycles. The minimum Gasteiger partial charge on any atom is -0.0993 e. The minimum atomic E-state index is 0.516. The Morgan fingerprint density at radius 1 is 1.22 bits per heavy atom. The van der Waals surface area contributed by atoms with E-state index in [4.69, 9.17) is 0 Å². The van der Waals surface area contributed by atoms with E-state index in [1.54, 1.807) is 0 Å². The van der Waals surface area contributed by atoms with Crippen molar-refractivity contribution in [3.8, 4) is 0 Å². The molecule has 0 saturated heterocycles. The van der Waals surface area contributed by atoms with Crippen LogP contribution < -0.4 is 0 Å². The molecular formula is C23H32. The van der Waals surface area contributed by atoms with Crippen LogP contribution in [0.2, 0.25) is 0 Å². The molecule has 0 heterocycles. The molecule has 3 unspecified atom stereocenters. The van der Waals surface area contributed by atoms with E-state index in [2.05, 4.69) is 77.6 Å².